The Bertz CT molecular complexity index is 1150. The van der Waals surface area contributed by atoms with E-state index in [1.165, 1.54) is 23.4 Å². The Balaban J connectivity index is 1.63. The third kappa shape index (κ3) is 3.87. The molecule has 3 N–H and O–H groups in total. The lowest BCUT2D eigenvalue weighted by Gasteiger charge is -2.19. The molecule has 0 saturated heterocycles. The summed E-state index contributed by atoms with van der Waals surface area (Å²) in [6.45, 7) is 0.275. The standard InChI is InChI=1S/C18H17N9O3/c1-26(13-5-3-2-4-6-13)10-14-15(18(28)22-20-9-12-7-8-29-11-12)21-25-27(14)17-16(19)23-30-24-17/h2-9,11H,10H2,1H3,(H2,19,23)(H,22,28)/b20-9-. The van der Waals surface area contributed by atoms with Crippen molar-refractivity contribution in [3.05, 3.63) is 65.9 Å². The summed E-state index contributed by atoms with van der Waals surface area (Å²) in [6.07, 6.45) is 4.44. The van der Waals surface area contributed by atoms with Crippen molar-refractivity contribution in [2.24, 2.45) is 5.10 Å². The minimum absolute atomic E-state index is 0.0217. The number of hydrazone groups is 1. The highest BCUT2D eigenvalue weighted by Crippen LogP contribution is 2.20. The Labute approximate surface area is 169 Å². The fourth-order valence-corrected chi connectivity index (χ4v) is 2.69. The highest BCUT2D eigenvalue weighted by molar-refractivity contribution is 5.94. The second kappa shape index (κ2) is 8.26. The van der Waals surface area contributed by atoms with Crippen LogP contribution in [-0.2, 0) is 6.54 Å². The average molecular weight is 407 g/mol. The van der Waals surface area contributed by atoms with Gasteiger partial charge in [-0.1, -0.05) is 23.4 Å². The van der Waals surface area contributed by atoms with Gasteiger partial charge < -0.3 is 15.1 Å². The van der Waals surface area contributed by atoms with Gasteiger partial charge in [-0.3, -0.25) is 4.79 Å². The molecule has 0 aliphatic heterocycles. The molecular weight excluding hydrogens is 390 g/mol. The number of anilines is 2. The third-order valence-electron chi connectivity index (χ3n) is 4.18. The SMILES string of the molecule is CN(Cc1c(C(=O)N/N=C\c2ccoc2)nnn1-c1nonc1N)c1ccccc1. The van der Waals surface area contributed by atoms with Crippen molar-refractivity contribution in [3.63, 3.8) is 0 Å². The van der Waals surface area contributed by atoms with Crippen LogP contribution in [0.15, 0.2) is 63.1 Å². The number of benzene rings is 1. The number of aromatic nitrogens is 5. The van der Waals surface area contributed by atoms with Crippen molar-refractivity contribution in [2.75, 3.05) is 17.7 Å². The number of carbonyl (C=O) groups excluding carboxylic acids is 1. The van der Waals surface area contributed by atoms with E-state index in [1.54, 1.807) is 6.07 Å². The first kappa shape index (κ1) is 18.9. The number of nitrogen functional groups attached to an aromatic ring is 1. The van der Waals surface area contributed by atoms with Crippen LogP contribution < -0.4 is 16.1 Å². The van der Waals surface area contributed by atoms with Crippen molar-refractivity contribution < 1.29 is 13.8 Å². The number of nitrogens with two attached hydrogens (primary N) is 1. The number of para-hydroxylation sites is 1. The Morgan fingerprint density at radius 1 is 1.30 bits per heavy atom. The molecular formula is C18H17N9O3. The molecule has 1 aromatic carbocycles. The molecule has 12 heteroatoms. The van der Waals surface area contributed by atoms with Gasteiger partial charge in [0.15, 0.2) is 5.69 Å². The summed E-state index contributed by atoms with van der Waals surface area (Å²) in [5.41, 5.74) is 10.3. The van der Waals surface area contributed by atoms with E-state index < -0.39 is 5.91 Å². The van der Waals surface area contributed by atoms with Crippen LogP contribution in [-0.4, -0.2) is 44.5 Å². The van der Waals surface area contributed by atoms with Gasteiger partial charge in [0, 0.05) is 18.3 Å². The van der Waals surface area contributed by atoms with Gasteiger partial charge in [-0.15, -0.1) is 5.10 Å². The first-order valence-corrected chi connectivity index (χ1v) is 8.78. The molecule has 0 saturated carbocycles. The molecule has 0 fully saturated rings. The molecule has 12 nitrogen and oxygen atoms in total. The molecule has 0 unspecified atom stereocenters. The van der Waals surface area contributed by atoms with E-state index in [-0.39, 0.29) is 23.9 Å². The number of hydrogen-bond donors (Lipinski definition) is 2. The quantitative estimate of drug-likeness (QED) is 0.340. The molecule has 0 atom stereocenters. The monoisotopic (exact) mass is 407 g/mol. The third-order valence-corrected chi connectivity index (χ3v) is 4.18. The van der Waals surface area contributed by atoms with Crippen LogP contribution in [0.5, 0.6) is 0 Å². The number of nitrogens with one attached hydrogen (secondary N) is 1. The van der Waals surface area contributed by atoms with Gasteiger partial charge >= 0.3 is 0 Å². The molecule has 4 aromatic rings. The molecule has 3 aromatic heterocycles. The lowest BCUT2D eigenvalue weighted by atomic mass is 10.2. The summed E-state index contributed by atoms with van der Waals surface area (Å²) >= 11 is 0. The smallest absolute Gasteiger partial charge is 0.293 e. The van der Waals surface area contributed by atoms with Gasteiger partial charge in [-0.25, -0.2) is 10.1 Å². The van der Waals surface area contributed by atoms with Crippen LogP contribution in [0, 0.1) is 0 Å². The minimum Gasteiger partial charge on any atom is -0.472 e. The van der Waals surface area contributed by atoms with Crippen LogP contribution in [0.3, 0.4) is 0 Å². The normalized spacial score (nSPS) is 11.1. The van der Waals surface area contributed by atoms with Gasteiger partial charge in [0.25, 0.3) is 5.91 Å². The predicted octanol–water partition coefficient (Wildman–Crippen LogP) is 1.23. The topological polar surface area (TPSA) is 153 Å². The van der Waals surface area contributed by atoms with Gasteiger partial charge in [0.2, 0.25) is 11.6 Å². The first-order chi connectivity index (χ1) is 14.6. The largest absolute Gasteiger partial charge is 0.472 e. The average Bonchev–Trinajstić information content (AvgIpc) is 3.50. The van der Waals surface area contributed by atoms with Gasteiger partial charge in [-0.2, -0.15) is 9.78 Å². The Morgan fingerprint density at radius 2 is 2.13 bits per heavy atom. The maximum absolute atomic E-state index is 12.7. The van der Waals surface area contributed by atoms with Crippen molar-refractivity contribution >= 4 is 23.6 Å². The predicted molar refractivity (Wildman–Crippen MR) is 106 cm³/mol. The summed E-state index contributed by atoms with van der Waals surface area (Å²) in [5, 5.41) is 19.2. The van der Waals surface area contributed by atoms with E-state index in [4.69, 9.17) is 10.2 Å². The number of carbonyl (C=O) groups is 1. The van der Waals surface area contributed by atoms with Crippen LogP contribution in [0.1, 0.15) is 21.7 Å². The molecule has 4 rings (SSSR count). The van der Waals surface area contributed by atoms with Crippen LogP contribution in [0.4, 0.5) is 11.5 Å². The van der Waals surface area contributed by atoms with E-state index in [1.807, 2.05) is 42.3 Å². The van der Waals surface area contributed by atoms with Crippen molar-refractivity contribution in [3.8, 4) is 5.82 Å². The highest BCUT2D eigenvalue weighted by atomic mass is 16.6. The van der Waals surface area contributed by atoms with E-state index in [0.29, 0.717) is 11.3 Å². The van der Waals surface area contributed by atoms with Gasteiger partial charge in [0.05, 0.1) is 31.0 Å². The number of furan rings is 1. The summed E-state index contributed by atoms with van der Waals surface area (Å²) in [7, 11) is 1.87. The van der Waals surface area contributed by atoms with Gasteiger partial charge in [0.1, 0.15) is 0 Å². The first-order valence-electron chi connectivity index (χ1n) is 8.78. The summed E-state index contributed by atoms with van der Waals surface area (Å²) < 4.78 is 10.9. The second-order valence-electron chi connectivity index (χ2n) is 6.22. The molecule has 0 radical (unpaired) electrons. The zero-order valence-electron chi connectivity index (χ0n) is 15.8. The van der Waals surface area contributed by atoms with Crippen LogP contribution >= 0.6 is 0 Å². The van der Waals surface area contributed by atoms with Crippen molar-refractivity contribution in [1.29, 1.82) is 0 Å². The lowest BCUT2D eigenvalue weighted by molar-refractivity contribution is 0.0949. The van der Waals surface area contributed by atoms with Crippen molar-refractivity contribution in [2.45, 2.75) is 6.54 Å². The van der Waals surface area contributed by atoms with E-state index in [0.717, 1.165) is 5.69 Å². The summed E-state index contributed by atoms with van der Waals surface area (Å²) in [5.74, 6) is -0.388. The number of hydrogen-bond acceptors (Lipinski definition) is 10. The molecule has 0 spiro atoms. The molecule has 3 heterocycles. The highest BCUT2D eigenvalue weighted by Gasteiger charge is 2.25. The lowest BCUT2D eigenvalue weighted by Crippen LogP contribution is -2.24. The maximum atomic E-state index is 12.7. The van der Waals surface area contributed by atoms with Crippen LogP contribution in [0.25, 0.3) is 5.82 Å². The molecule has 0 aliphatic carbocycles. The second-order valence-corrected chi connectivity index (χ2v) is 6.22. The Morgan fingerprint density at radius 3 is 2.83 bits per heavy atom. The molecule has 1 amide bonds. The van der Waals surface area contributed by atoms with Crippen LogP contribution in [0.2, 0.25) is 0 Å². The van der Waals surface area contributed by atoms with Crippen molar-refractivity contribution in [1.82, 2.24) is 30.7 Å². The number of nitrogens with zero attached hydrogens (tertiary/aromatic N) is 7. The minimum atomic E-state index is -0.549. The zero-order valence-corrected chi connectivity index (χ0v) is 15.8. The fourth-order valence-electron chi connectivity index (χ4n) is 2.69. The van der Waals surface area contributed by atoms with Gasteiger partial charge in [-0.05, 0) is 28.5 Å². The molecule has 152 valence electrons. The Kier molecular flexibility index (Phi) is 5.19. The van der Waals surface area contributed by atoms with E-state index in [2.05, 4.69) is 35.8 Å². The zero-order chi connectivity index (χ0) is 20.9. The maximum Gasteiger partial charge on any atom is 0.293 e. The summed E-state index contributed by atoms with van der Waals surface area (Å²) in [4.78, 5) is 14.6. The van der Waals surface area contributed by atoms with E-state index >= 15 is 0 Å². The Hall–Kier alpha value is -4.48. The summed E-state index contributed by atoms with van der Waals surface area (Å²) in [6, 6.07) is 11.3. The number of rotatable bonds is 7. The molecule has 0 bridgehead atoms. The fraction of sp³-hybridized carbons (Fsp3) is 0.111. The van der Waals surface area contributed by atoms with E-state index in [9.17, 15) is 4.79 Å². The molecule has 0 aliphatic rings. The number of amides is 1. The molecule has 30 heavy (non-hydrogen) atoms.